The van der Waals surface area contributed by atoms with E-state index in [9.17, 15) is 5.11 Å². The van der Waals surface area contributed by atoms with Gasteiger partial charge < -0.3 is 5.11 Å². The van der Waals surface area contributed by atoms with Gasteiger partial charge in [-0.2, -0.15) is 5.10 Å². The Morgan fingerprint density at radius 2 is 2.36 bits per heavy atom. The molecular weight excluding hydrogens is 178 g/mol. The summed E-state index contributed by atoms with van der Waals surface area (Å²) < 4.78 is 1.74. The lowest BCUT2D eigenvalue weighted by atomic mass is 10.1. The van der Waals surface area contributed by atoms with Gasteiger partial charge in [0.15, 0.2) is 0 Å². The Kier molecular flexibility index (Phi) is 1.32. The molecule has 0 radical (unpaired) electrons. The average Bonchev–Trinajstić information content (AvgIpc) is 2.67. The molecule has 14 heavy (non-hydrogen) atoms. The quantitative estimate of drug-likeness (QED) is 0.726. The van der Waals surface area contributed by atoms with Crippen LogP contribution in [-0.4, -0.2) is 19.7 Å². The van der Waals surface area contributed by atoms with Gasteiger partial charge in [0.2, 0.25) is 0 Å². The third-order valence-electron chi connectivity index (χ3n) is 3.06. The van der Waals surface area contributed by atoms with Crippen molar-refractivity contribution in [2.75, 3.05) is 0 Å². The lowest BCUT2D eigenvalue weighted by Crippen LogP contribution is -2.06. The van der Waals surface area contributed by atoms with E-state index in [1.165, 1.54) is 0 Å². The van der Waals surface area contributed by atoms with E-state index in [1.54, 1.807) is 29.3 Å². The molecule has 1 fully saturated rings. The zero-order chi connectivity index (χ0) is 9.76. The van der Waals surface area contributed by atoms with Crippen molar-refractivity contribution in [1.29, 1.82) is 0 Å². The number of nitrogens with zero attached hydrogens (tertiary/aromatic N) is 3. The van der Waals surface area contributed by atoms with Crippen molar-refractivity contribution >= 4 is 5.52 Å². The van der Waals surface area contributed by atoms with Gasteiger partial charge in [-0.15, -0.1) is 0 Å². The summed E-state index contributed by atoms with van der Waals surface area (Å²) >= 11 is 0. The molecule has 1 aliphatic rings. The molecule has 0 aliphatic heterocycles. The van der Waals surface area contributed by atoms with E-state index < -0.39 is 5.60 Å². The van der Waals surface area contributed by atoms with Crippen LogP contribution < -0.4 is 0 Å². The molecule has 1 N–H and O–H groups in total. The van der Waals surface area contributed by atoms with E-state index in [1.807, 2.05) is 6.92 Å². The van der Waals surface area contributed by atoms with Crippen molar-refractivity contribution in [3.05, 3.63) is 30.4 Å². The first-order valence-corrected chi connectivity index (χ1v) is 4.72. The fraction of sp³-hybridized carbons (Fsp3) is 0.400. The summed E-state index contributed by atoms with van der Waals surface area (Å²) in [7, 11) is 0. The first kappa shape index (κ1) is 7.94. The van der Waals surface area contributed by atoms with E-state index in [0.29, 0.717) is 5.92 Å². The normalized spacial score (nSPS) is 30.9. The van der Waals surface area contributed by atoms with Gasteiger partial charge in [0.25, 0.3) is 0 Å². The van der Waals surface area contributed by atoms with Crippen LogP contribution in [0.1, 0.15) is 18.9 Å². The van der Waals surface area contributed by atoms with Gasteiger partial charge in [0, 0.05) is 18.0 Å². The zero-order valence-corrected chi connectivity index (χ0v) is 7.88. The highest BCUT2D eigenvalue weighted by atomic mass is 16.3. The maximum atomic E-state index is 10.2. The minimum absolute atomic E-state index is 0.329. The zero-order valence-electron chi connectivity index (χ0n) is 7.88. The van der Waals surface area contributed by atoms with Crippen LogP contribution in [0.5, 0.6) is 0 Å². The summed E-state index contributed by atoms with van der Waals surface area (Å²) in [5.41, 5.74) is 1.14. The fourth-order valence-corrected chi connectivity index (χ4v) is 1.95. The molecule has 0 bridgehead atoms. The van der Waals surface area contributed by atoms with E-state index in [2.05, 4.69) is 10.1 Å². The smallest absolute Gasteiger partial charge is 0.0963 e. The third-order valence-corrected chi connectivity index (χ3v) is 3.06. The van der Waals surface area contributed by atoms with E-state index in [-0.39, 0.29) is 0 Å². The van der Waals surface area contributed by atoms with Crippen LogP contribution >= 0.6 is 0 Å². The van der Waals surface area contributed by atoms with Gasteiger partial charge in [-0.1, -0.05) is 6.92 Å². The molecule has 0 aromatic carbocycles. The van der Waals surface area contributed by atoms with E-state index in [0.717, 1.165) is 17.5 Å². The molecule has 4 nitrogen and oxygen atoms in total. The molecule has 0 amide bonds. The Labute approximate surface area is 81.2 Å². The van der Waals surface area contributed by atoms with Crippen LogP contribution in [0.25, 0.3) is 5.52 Å². The van der Waals surface area contributed by atoms with Crippen LogP contribution in [-0.2, 0) is 5.60 Å². The molecular formula is C10H11N3O. The predicted molar refractivity (Wildman–Crippen MR) is 50.7 cm³/mol. The van der Waals surface area contributed by atoms with Crippen molar-refractivity contribution < 1.29 is 5.11 Å². The topological polar surface area (TPSA) is 50.4 Å². The van der Waals surface area contributed by atoms with Crippen LogP contribution in [0.3, 0.4) is 0 Å². The number of hydrogen-bond donors (Lipinski definition) is 1. The highest BCUT2D eigenvalue weighted by Gasteiger charge is 2.52. The second-order valence-corrected chi connectivity index (χ2v) is 3.99. The molecule has 2 aromatic rings. The molecule has 2 aromatic heterocycles. The highest BCUT2D eigenvalue weighted by molar-refractivity contribution is 5.56. The monoisotopic (exact) mass is 189 g/mol. The number of aliphatic hydroxyl groups is 1. The second-order valence-electron chi connectivity index (χ2n) is 3.99. The van der Waals surface area contributed by atoms with Gasteiger partial charge in [0.1, 0.15) is 0 Å². The van der Waals surface area contributed by atoms with E-state index in [4.69, 9.17) is 0 Å². The minimum Gasteiger partial charge on any atom is -0.385 e. The highest BCUT2D eigenvalue weighted by Crippen LogP contribution is 2.52. The Balaban J connectivity index is 2.23. The summed E-state index contributed by atoms with van der Waals surface area (Å²) in [6.45, 7) is 2.04. The molecule has 4 heteroatoms. The van der Waals surface area contributed by atoms with Crippen molar-refractivity contribution in [2.24, 2.45) is 5.92 Å². The summed E-state index contributed by atoms with van der Waals surface area (Å²) in [6.07, 6.45) is 7.77. The van der Waals surface area contributed by atoms with Gasteiger partial charge in [0.05, 0.1) is 23.5 Å². The number of aromatic nitrogens is 3. The van der Waals surface area contributed by atoms with Crippen LogP contribution in [0.15, 0.2) is 24.8 Å². The lowest BCUT2D eigenvalue weighted by molar-refractivity contribution is 0.136. The maximum absolute atomic E-state index is 10.2. The number of rotatable bonds is 1. The second kappa shape index (κ2) is 2.33. The average molecular weight is 189 g/mol. The molecule has 3 rings (SSSR count). The van der Waals surface area contributed by atoms with E-state index >= 15 is 0 Å². The number of hydrogen-bond acceptors (Lipinski definition) is 3. The molecule has 0 saturated heterocycles. The molecule has 1 saturated carbocycles. The molecule has 72 valence electrons. The lowest BCUT2D eigenvalue weighted by Gasteiger charge is -2.05. The van der Waals surface area contributed by atoms with Crippen LogP contribution in [0.2, 0.25) is 0 Å². The van der Waals surface area contributed by atoms with Crippen LogP contribution in [0, 0.1) is 5.92 Å². The first-order valence-electron chi connectivity index (χ1n) is 4.72. The molecule has 2 unspecified atom stereocenters. The van der Waals surface area contributed by atoms with Crippen LogP contribution in [0.4, 0.5) is 0 Å². The van der Waals surface area contributed by atoms with Crippen molar-refractivity contribution in [2.45, 2.75) is 18.9 Å². The van der Waals surface area contributed by atoms with Gasteiger partial charge in [-0.25, -0.2) is 4.52 Å². The SMILES string of the molecule is CC1CC1(O)c1cnn2ccncc12. The Morgan fingerprint density at radius 3 is 3.07 bits per heavy atom. The molecule has 0 spiro atoms. The predicted octanol–water partition coefficient (Wildman–Crippen LogP) is 0.957. The van der Waals surface area contributed by atoms with Crippen molar-refractivity contribution in [1.82, 2.24) is 14.6 Å². The first-order chi connectivity index (χ1) is 6.72. The Morgan fingerprint density at radius 1 is 1.57 bits per heavy atom. The maximum Gasteiger partial charge on any atom is 0.0963 e. The summed E-state index contributed by atoms with van der Waals surface area (Å²) in [5.74, 6) is 0.329. The fourth-order valence-electron chi connectivity index (χ4n) is 1.95. The van der Waals surface area contributed by atoms with Gasteiger partial charge in [-0.05, 0) is 12.3 Å². The number of fused-ring (bicyclic) bond motifs is 1. The van der Waals surface area contributed by atoms with Crippen molar-refractivity contribution in [3.63, 3.8) is 0 Å². The van der Waals surface area contributed by atoms with Gasteiger partial charge in [-0.3, -0.25) is 4.98 Å². The standard InChI is InChI=1S/C10H11N3O/c1-7-4-10(7,14)8-5-12-13-3-2-11-6-9(8)13/h2-3,5-7,14H,4H2,1H3. The minimum atomic E-state index is -0.662. The van der Waals surface area contributed by atoms with Crippen molar-refractivity contribution in [3.8, 4) is 0 Å². The molecule has 1 aliphatic carbocycles. The Hall–Kier alpha value is -1.42. The molecule has 2 atom stereocenters. The Bertz CT molecular complexity index is 493. The summed E-state index contributed by atoms with van der Waals surface area (Å²) in [6, 6.07) is 0. The summed E-state index contributed by atoms with van der Waals surface area (Å²) in [5, 5.41) is 14.4. The molecule has 2 heterocycles. The third kappa shape index (κ3) is 0.861. The largest absolute Gasteiger partial charge is 0.385 e. The summed E-state index contributed by atoms with van der Waals surface area (Å²) in [4.78, 5) is 4.04. The van der Waals surface area contributed by atoms with Gasteiger partial charge >= 0.3 is 0 Å².